The normalized spacial score (nSPS) is 14.6. The third-order valence-electron chi connectivity index (χ3n) is 5.47. The van der Waals surface area contributed by atoms with Crippen LogP contribution in [0.2, 0.25) is 0 Å². The molecule has 33 heavy (non-hydrogen) atoms. The van der Waals surface area contributed by atoms with Crippen molar-refractivity contribution >= 4 is 49.0 Å². The third kappa shape index (κ3) is 4.69. The number of anilines is 1. The maximum atomic E-state index is 12.7. The number of hydrogen-bond donors (Lipinski definition) is 1. The summed E-state index contributed by atoms with van der Waals surface area (Å²) in [6.45, 7) is 3.82. The van der Waals surface area contributed by atoms with Crippen molar-refractivity contribution in [3.8, 4) is 0 Å². The molecule has 174 valence electrons. The second kappa shape index (κ2) is 9.06. The van der Waals surface area contributed by atoms with Gasteiger partial charge in [0.15, 0.2) is 9.84 Å². The molecular weight excluding hydrogens is 466 g/mol. The summed E-state index contributed by atoms with van der Waals surface area (Å²) >= 11 is 1.08. The Morgan fingerprint density at radius 3 is 2.85 bits per heavy atom. The van der Waals surface area contributed by atoms with Gasteiger partial charge in [0, 0.05) is 17.8 Å². The van der Waals surface area contributed by atoms with Crippen LogP contribution in [-0.2, 0) is 38.1 Å². The van der Waals surface area contributed by atoms with Crippen molar-refractivity contribution in [2.45, 2.75) is 39.0 Å². The Bertz CT molecular complexity index is 1420. The molecule has 1 aliphatic rings. The Morgan fingerprint density at radius 2 is 2.09 bits per heavy atom. The zero-order valence-corrected chi connectivity index (χ0v) is 19.8. The molecule has 1 N–H and O–H groups in total. The Kier molecular flexibility index (Phi) is 6.35. The van der Waals surface area contributed by atoms with Crippen molar-refractivity contribution in [1.82, 2.24) is 9.55 Å². The standard InChI is InChI=1S/C22H23N3O6S2/c1-3-31-22(28)18-14-8-10-33(29,30)11-16(14)32-20(18)24-17(26)7-9-25-12-23-19-13(2)5-4-6-15(19)21(25)27/h4-6,12H,3,7-11H2,1-2H3,(H,24,26). The van der Waals surface area contributed by atoms with E-state index >= 15 is 0 Å². The molecule has 3 heterocycles. The van der Waals surface area contributed by atoms with E-state index in [0.717, 1.165) is 16.9 Å². The van der Waals surface area contributed by atoms with Gasteiger partial charge in [0.1, 0.15) is 5.00 Å². The number of carbonyl (C=O) groups excluding carboxylic acids is 2. The van der Waals surface area contributed by atoms with Gasteiger partial charge in [-0.25, -0.2) is 18.2 Å². The lowest BCUT2D eigenvalue weighted by atomic mass is 10.1. The number of rotatable bonds is 6. The monoisotopic (exact) mass is 489 g/mol. The summed E-state index contributed by atoms with van der Waals surface area (Å²) < 4.78 is 30.6. The summed E-state index contributed by atoms with van der Waals surface area (Å²) in [5.74, 6) is -1.20. The average Bonchev–Trinajstić information content (AvgIpc) is 3.09. The summed E-state index contributed by atoms with van der Waals surface area (Å²) in [6, 6.07) is 5.36. The Morgan fingerprint density at radius 1 is 1.30 bits per heavy atom. The van der Waals surface area contributed by atoms with Crippen molar-refractivity contribution in [2.24, 2.45) is 0 Å². The summed E-state index contributed by atoms with van der Waals surface area (Å²) in [4.78, 5) is 42.8. The zero-order chi connectivity index (χ0) is 23.8. The fourth-order valence-corrected chi connectivity index (χ4v) is 6.89. The summed E-state index contributed by atoms with van der Waals surface area (Å²) in [5, 5.41) is 3.48. The number of hydrogen-bond acceptors (Lipinski definition) is 8. The van der Waals surface area contributed by atoms with E-state index in [9.17, 15) is 22.8 Å². The van der Waals surface area contributed by atoms with Crippen molar-refractivity contribution in [2.75, 3.05) is 17.7 Å². The minimum atomic E-state index is -3.24. The number of aryl methyl sites for hydroxylation is 2. The fraction of sp³-hybridized carbons (Fsp3) is 0.364. The van der Waals surface area contributed by atoms with Gasteiger partial charge in [-0.15, -0.1) is 11.3 Å². The molecule has 0 atom stereocenters. The molecule has 4 rings (SSSR count). The molecule has 0 fully saturated rings. The van der Waals surface area contributed by atoms with E-state index in [0.29, 0.717) is 21.3 Å². The van der Waals surface area contributed by atoms with Gasteiger partial charge in [0.05, 0.1) is 40.9 Å². The highest BCUT2D eigenvalue weighted by Gasteiger charge is 2.32. The van der Waals surface area contributed by atoms with Gasteiger partial charge in [-0.3, -0.25) is 14.2 Å². The van der Waals surface area contributed by atoms with Gasteiger partial charge in [-0.2, -0.15) is 0 Å². The van der Waals surface area contributed by atoms with E-state index in [-0.39, 0.29) is 53.6 Å². The number of nitrogens with zero attached hydrogens (tertiary/aromatic N) is 2. The van der Waals surface area contributed by atoms with E-state index in [1.54, 1.807) is 19.1 Å². The van der Waals surface area contributed by atoms with Crippen LogP contribution in [0.4, 0.5) is 5.00 Å². The van der Waals surface area contributed by atoms with E-state index in [1.807, 2.05) is 13.0 Å². The first kappa shape index (κ1) is 23.1. The molecule has 1 aliphatic heterocycles. The molecule has 0 saturated carbocycles. The van der Waals surface area contributed by atoms with E-state index in [2.05, 4.69) is 10.3 Å². The van der Waals surface area contributed by atoms with Gasteiger partial charge in [0.25, 0.3) is 5.56 Å². The van der Waals surface area contributed by atoms with Crippen LogP contribution >= 0.6 is 11.3 Å². The number of fused-ring (bicyclic) bond motifs is 2. The number of ether oxygens (including phenoxy) is 1. The predicted molar refractivity (Wildman–Crippen MR) is 125 cm³/mol. The van der Waals surface area contributed by atoms with Gasteiger partial charge in [-0.1, -0.05) is 12.1 Å². The first-order valence-corrected chi connectivity index (χ1v) is 13.1. The predicted octanol–water partition coefficient (Wildman–Crippen LogP) is 2.44. The molecule has 1 amide bonds. The largest absolute Gasteiger partial charge is 0.462 e. The topological polar surface area (TPSA) is 124 Å². The van der Waals surface area contributed by atoms with Crippen LogP contribution in [0.3, 0.4) is 0 Å². The molecule has 0 saturated heterocycles. The van der Waals surface area contributed by atoms with Crippen LogP contribution in [0.25, 0.3) is 10.9 Å². The number of aromatic nitrogens is 2. The van der Waals surface area contributed by atoms with E-state index in [4.69, 9.17) is 4.74 Å². The molecule has 11 heteroatoms. The molecule has 1 aromatic carbocycles. The van der Waals surface area contributed by atoms with E-state index in [1.165, 1.54) is 10.9 Å². The maximum absolute atomic E-state index is 12.7. The van der Waals surface area contributed by atoms with Gasteiger partial charge in [-0.05, 0) is 37.5 Å². The molecule has 0 aliphatic carbocycles. The number of thiophene rings is 1. The number of esters is 1. The van der Waals surface area contributed by atoms with Gasteiger partial charge in [0.2, 0.25) is 5.91 Å². The lowest BCUT2D eigenvalue weighted by molar-refractivity contribution is -0.116. The molecule has 0 unspecified atom stereocenters. The number of nitrogens with one attached hydrogen (secondary N) is 1. The van der Waals surface area contributed by atoms with Crippen molar-refractivity contribution in [3.63, 3.8) is 0 Å². The zero-order valence-electron chi connectivity index (χ0n) is 18.2. The molecule has 2 aromatic heterocycles. The maximum Gasteiger partial charge on any atom is 0.341 e. The minimum absolute atomic E-state index is 0.0258. The lowest BCUT2D eigenvalue weighted by Crippen LogP contribution is -2.24. The summed E-state index contributed by atoms with van der Waals surface area (Å²) in [6.07, 6.45) is 1.60. The van der Waals surface area contributed by atoms with Crippen LogP contribution in [0, 0.1) is 6.92 Å². The fourth-order valence-electron chi connectivity index (χ4n) is 3.84. The number of amides is 1. The highest BCUT2D eigenvalue weighted by Crippen LogP contribution is 2.38. The number of carbonyl (C=O) groups is 2. The van der Waals surface area contributed by atoms with Crippen LogP contribution in [-0.4, -0.2) is 42.2 Å². The van der Waals surface area contributed by atoms with Crippen molar-refractivity contribution in [1.29, 1.82) is 0 Å². The highest BCUT2D eigenvalue weighted by molar-refractivity contribution is 7.90. The second-order valence-corrected chi connectivity index (χ2v) is 11.1. The lowest BCUT2D eigenvalue weighted by Gasteiger charge is -2.13. The first-order valence-electron chi connectivity index (χ1n) is 10.5. The quantitative estimate of drug-likeness (QED) is 0.527. The van der Waals surface area contributed by atoms with Crippen molar-refractivity contribution < 1.29 is 22.7 Å². The van der Waals surface area contributed by atoms with Gasteiger partial charge >= 0.3 is 5.97 Å². The summed E-state index contributed by atoms with van der Waals surface area (Å²) in [5.41, 5.74) is 2.13. The first-order chi connectivity index (χ1) is 15.7. The van der Waals surface area contributed by atoms with Crippen LogP contribution in [0.15, 0.2) is 29.3 Å². The number of sulfone groups is 1. The van der Waals surface area contributed by atoms with Crippen LogP contribution in [0.5, 0.6) is 0 Å². The van der Waals surface area contributed by atoms with Crippen LogP contribution in [0.1, 0.15) is 39.7 Å². The molecule has 0 spiro atoms. The molecule has 3 aromatic rings. The van der Waals surface area contributed by atoms with E-state index < -0.39 is 21.7 Å². The Balaban J connectivity index is 1.55. The summed E-state index contributed by atoms with van der Waals surface area (Å²) in [7, 11) is -3.24. The number of para-hydroxylation sites is 1. The molecule has 0 radical (unpaired) electrons. The minimum Gasteiger partial charge on any atom is -0.462 e. The highest BCUT2D eigenvalue weighted by atomic mass is 32.2. The third-order valence-corrected chi connectivity index (χ3v) is 8.36. The second-order valence-electron chi connectivity index (χ2n) is 7.78. The van der Waals surface area contributed by atoms with Gasteiger partial charge < -0.3 is 10.1 Å². The number of benzene rings is 1. The average molecular weight is 490 g/mol. The molecule has 0 bridgehead atoms. The van der Waals surface area contributed by atoms with Crippen LogP contribution < -0.4 is 10.9 Å². The smallest absolute Gasteiger partial charge is 0.341 e. The van der Waals surface area contributed by atoms with Crippen molar-refractivity contribution in [3.05, 3.63) is 56.4 Å². The Labute approximate surface area is 194 Å². The molecular formula is C22H23N3O6S2. The SMILES string of the molecule is CCOC(=O)c1c(NC(=O)CCn2cnc3c(C)cccc3c2=O)sc2c1CCS(=O)(=O)C2. The molecule has 9 nitrogen and oxygen atoms in total. The Hall–Kier alpha value is -3.05.